The number of hydrogen-bond donors (Lipinski definition) is 2. The van der Waals surface area contributed by atoms with Crippen LogP contribution in [0, 0.1) is 0 Å². The van der Waals surface area contributed by atoms with Gasteiger partial charge in [-0.15, -0.1) is 11.3 Å². The van der Waals surface area contributed by atoms with Gasteiger partial charge in [0.2, 0.25) is 0 Å². The molecule has 0 saturated heterocycles. The zero-order valence-corrected chi connectivity index (χ0v) is 9.55. The normalized spacial score (nSPS) is 13.2. The molecule has 0 bridgehead atoms. The molecule has 0 fully saturated rings. The molecule has 0 spiro atoms. The second-order valence-corrected chi connectivity index (χ2v) is 4.43. The molecule has 2 N–H and O–H groups in total. The van der Waals surface area contributed by atoms with E-state index in [4.69, 9.17) is 0 Å². The van der Waals surface area contributed by atoms with Gasteiger partial charge in [0.15, 0.2) is 0 Å². The van der Waals surface area contributed by atoms with Gasteiger partial charge in [0.05, 0.1) is 6.10 Å². The maximum Gasteiger partial charge on any atom is 0.0928 e. The van der Waals surface area contributed by atoms with Crippen LogP contribution in [0.1, 0.15) is 18.6 Å². The van der Waals surface area contributed by atoms with Gasteiger partial charge in [-0.25, -0.2) is 0 Å². The fourth-order valence-corrected chi connectivity index (χ4v) is 2.63. The summed E-state index contributed by atoms with van der Waals surface area (Å²) in [6.45, 7) is 3.55. The van der Waals surface area contributed by atoms with E-state index < -0.39 is 6.10 Å². The molecule has 0 aliphatic heterocycles. The summed E-state index contributed by atoms with van der Waals surface area (Å²) in [6, 6.07) is 8.17. The van der Waals surface area contributed by atoms with Gasteiger partial charge in [0, 0.05) is 11.2 Å². The van der Waals surface area contributed by atoms with Crippen molar-refractivity contribution in [1.29, 1.82) is 0 Å². The molecule has 0 amide bonds. The van der Waals surface area contributed by atoms with Crippen molar-refractivity contribution in [3.8, 4) is 0 Å². The van der Waals surface area contributed by atoms with E-state index in [2.05, 4.69) is 22.8 Å². The Kier molecular flexibility index (Phi) is 3.36. The van der Waals surface area contributed by atoms with E-state index in [1.54, 1.807) is 11.3 Å². The number of likely N-dealkylation sites (N-methyl/N-ethyl adjacent to an activating group) is 1. The van der Waals surface area contributed by atoms with E-state index in [0.717, 1.165) is 12.1 Å². The highest BCUT2D eigenvalue weighted by Crippen LogP contribution is 2.28. The van der Waals surface area contributed by atoms with Gasteiger partial charge in [-0.3, -0.25) is 0 Å². The Bertz CT molecular complexity index is 438. The van der Waals surface area contributed by atoms with Crippen LogP contribution < -0.4 is 5.32 Å². The topological polar surface area (TPSA) is 32.3 Å². The molecule has 2 rings (SSSR count). The SMILES string of the molecule is CCNCC(O)c1cccc2ccsc12. The lowest BCUT2D eigenvalue weighted by molar-refractivity contribution is 0.177. The second kappa shape index (κ2) is 4.75. The second-order valence-electron chi connectivity index (χ2n) is 3.51. The molecule has 15 heavy (non-hydrogen) atoms. The van der Waals surface area contributed by atoms with Crippen molar-refractivity contribution in [2.75, 3.05) is 13.1 Å². The summed E-state index contributed by atoms with van der Waals surface area (Å²) >= 11 is 1.69. The first kappa shape index (κ1) is 10.6. The first-order chi connectivity index (χ1) is 7.33. The fraction of sp³-hybridized carbons (Fsp3) is 0.333. The van der Waals surface area contributed by atoms with E-state index in [1.807, 2.05) is 19.1 Å². The molecule has 1 atom stereocenters. The van der Waals surface area contributed by atoms with Crippen LogP contribution in [-0.2, 0) is 0 Å². The molecule has 0 aliphatic carbocycles. The summed E-state index contributed by atoms with van der Waals surface area (Å²) in [4.78, 5) is 0. The van der Waals surface area contributed by atoms with Crippen molar-refractivity contribution >= 4 is 21.4 Å². The maximum absolute atomic E-state index is 10.0. The van der Waals surface area contributed by atoms with Crippen LogP contribution in [0.25, 0.3) is 10.1 Å². The zero-order valence-electron chi connectivity index (χ0n) is 8.73. The minimum absolute atomic E-state index is 0.410. The maximum atomic E-state index is 10.0. The molecule has 0 aliphatic rings. The molecule has 1 heterocycles. The minimum Gasteiger partial charge on any atom is -0.387 e. The van der Waals surface area contributed by atoms with Crippen LogP contribution in [0.4, 0.5) is 0 Å². The largest absolute Gasteiger partial charge is 0.387 e. The predicted molar refractivity (Wildman–Crippen MR) is 65.3 cm³/mol. The first-order valence-corrected chi connectivity index (χ1v) is 6.05. The number of aliphatic hydroxyl groups excluding tert-OH is 1. The zero-order chi connectivity index (χ0) is 10.7. The van der Waals surface area contributed by atoms with Crippen molar-refractivity contribution in [3.05, 3.63) is 35.2 Å². The van der Waals surface area contributed by atoms with Gasteiger partial charge in [-0.2, -0.15) is 0 Å². The van der Waals surface area contributed by atoms with Gasteiger partial charge in [0.25, 0.3) is 0 Å². The van der Waals surface area contributed by atoms with Crippen molar-refractivity contribution in [2.45, 2.75) is 13.0 Å². The van der Waals surface area contributed by atoms with E-state index in [-0.39, 0.29) is 0 Å². The summed E-state index contributed by atoms with van der Waals surface area (Å²) in [5.74, 6) is 0. The van der Waals surface area contributed by atoms with Crippen molar-refractivity contribution in [2.24, 2.45) is 0 Å². The molecular weight excluding hydrogens is 206 g/mol. The first-order valence-electron chi connectivity index (χ1n) is 5.18. The van der Waals surface area contributed by atoms with Crippen LogP contribution in [-0.4, -0.2) is 18.2 Å². The van der Waals surface area contributed by atoms with E-state index in [1.165, 1.54) is 10.1 Å². The summed E-state index contributed by atoms with van der Waals surface area (Å²) in [5, 5.41) is 16.4. The van der Waals surface area contributed by atoms with Crippen LogP contribution in [0.2, 0.25) is 0 Å². The smallest absolute Gasteiger partial charge is 0.0928 e. The summed E-state index contributed by atoms with van der Waals surface area (Å²) in [7, 11) is 0. The van der Waals surface area contributed by atoms with Gasteiger partial charge in [-0.05, 0) is 28.9 Å². The lowest BCUT2D eigenvalue weighted by Crippen LogP contribution is -2.20. The molecular formula is C12H15NOS. The highest BCUT2D eigenvalue weighted by molar-refractivity contribution is 7.17. The Morgan fingerprint density at radius 1 is 1.40 bits per heavy atom. The number of fused-ring (bicyclic) bond motifs is 1. The van der Waals surface area contributed by atoms with E-state index in [0.29, 0.717) is 6.54 Å². The number of benzene rings is 1. The molecule has 80 valence electrons. The lowest BCUT2D eigenvalue weighted by Gasteiger charge is -2.12. The van der Waals surface area contributed by atoms with E-state index >= 15 is 0 Å². The van der Waals surface area contributed by atoms with Gasteiger partial charge in [0.1, 0.15) is 0 Å². The molecule has 1 aromatic carbocycles. The Morgan fingerprint density at radius 3 is 3.07 bits per heavy atom. The lowest BCUT2D eigenvalue weighted by atomic mass is 10.1. The molecule has 0 radical (unpaired) electrons. The van der Waals surface area contributed by atoms with Crippen LogP contribution >= 0.6 is 11.3 Å². The van der Waals surface area contributed by atoms with Gasteiger partial charge in [-0.1, -0.05) is 25.1 Å². The number of aliphatic hydroxyl groups is 1. The highest BCUT2D eigenvalue weighted by Gasteiger charge is 2.10. The number of hydrogen-bond acceptors (Lipinski definition) is 3. The Morgan fingerprint density at radius 2 is 2.27 bits per heavy atom. The molecule has 2 nitrogen and oxygen atoms in total. The molecule has 1 unspecified atom stereocenters. The van der Waals surface area contributed by atoms with E-state index in [9.17, 15) is 5.11 Å². The third-order valence-electron chi connectivity index (χ3n) is 2.46. The van der Waals surface area contributed by atoms with Gasteiger partial charge < -0.3 is 10.4 Å². The third kappa shape index (κ3) is 2.20. The highest BCUT2D eigenvalue weighted by atomic mass is 32.1. The van der Waals surface area contributed by atoms with Crippen LogP contribution in [0.3, 0.4) is 0 Å². The minimum atomic E-state index is -0.410. The molecule has 2 aromatic rings. The monoisotopic (exact) mass is 221 g/mol. The van der Waals surface area contributed by atoms with Crippen LogP contribution in [0.5, 0.6) is 0 Å². The van der Waals surface area contributed by atoms with Crippen molar-refractivity contribution in [1.82, 2.24) is 5.32 Å². The quantitative estimate of drug-likeness (QED) is 0.831. The predicted octanol–water partition coefficient (Wildman–Crippen LogP) is 2.54. The summed E-state index contributed by atoms with van der Waals surface area (Å²) in [6.07, 6.45) is -0.410. The Balaban J connectivity index is 2.29. The Labute approximate surface area is 93.6 Å². The summed E-state index contributed by atoms with van der Waals surface area (Å²) in [5.41, 5.74) is 1.03. The number of thiophene rings is 1. The summed E-state index contributed by atoms with van der Waals surface area (Å²) < 4.78 is 1.20. The Hall–Kier alpha value is -0.900. The fourth-order valence-electron chi connectivity index (χ4n) is 1.67. The van der Waals surface area contributed by atoms with Crippen LogP contribution in [0.15, 0.2) is 29.6 Å². The molecule has 0 saturated carbocycles. The number of rotatable bonds is 4. The standard InChI is InChI=1S/C12H15NOS/c1-2-13-8-11(14)10-5-3-4-9-6-7-15-12(9)10/h3-7,11,13-14H,2,8H2,1H3. The molecule has 3 heteroatoms. The average Bonchev–Trinajstić information content (AvgIpc) is 2.73. The third-order valence-corrected chi connectivity index (χ3v) is 3.44. The number of nitrogens with one attached hydrogen (secondary N) is 1. The van der Waals surface area contributed by atoms with Gasteiger partial charge >= 0.3 is 0 Å². The van der Waals surface area contributed by atoms with Crippen molar-refractivity contribution < 1.29 is 5.11 Å². The average molecular weight is 221 g/mol. The van der Waals surface area contributed by atoms with Crippen molar-refractivity contribution in [3.63, 3.8) is 0 Å². The molecule has 1 aromatic heterocycles.